The van der Waals surface area contributed by atoms with Crippen LogP contribution in [-0.4, -0.2) is 31.8 Å². The number of anilines is 1. The molecule has 0 atom stereocenters. The van der Waals surface area contributed by atoms with E-state index in [-0.39, 0.29) is 0 Å². The topological polar surface area (TPSA) is 59.7 Å². The van der Waals surface area contributed by atoms with E-state index in [1.165, 1.54) is 47.9 Å². The lowest BCUT2D eigenvalue weighted by molar-refractivity contribution is 0.601. The summed E-state index contributed by atoms with van der Waals surface area (Å²) in [5, 5.41) is 10.2. The first kappa shape index (κ1) is 15.3. The molecule has 0 radical (unpaired) electrons. The molecule has 0 saturated carbocycles. The molecule has 130 valence electrons. The second kappa shape index (κ2) is 6.05. The lowest BCUT2D eigenvalue weighted by atomic mass is 10.2. The molecule has 7 heteroatoms. The fourth-order valence-corrected chi connectivity index (χ4v) is 5.37. The van der Waals surface area contributed by atoms with Crippen LogP contribution in [-0.2, 0) is 32.4 Å². The molecule has 6 nitrogen and oxygen atoms in total. The van der Waals surface area contributed by atoms with Crippen molar-refractivity contribution in [1.82, 2.24) is 24.7 Å². The molecular formula is C18H22N6S. The van der Waals surface area contributed by atoms with Crippen molar-refractivity contribution in [3.8, 4) is 0 Å². The van der Waals surface area contributed by atoms with E-state index >= 15 is 0 Å². The molecule has 4 heterocycles. The molecule has 0 fully saturated rings. The van der Waals surface area contributed by atoms with Crippen molar-refractivity contribution in [3.63, 3.8) is 0 Å². The van der Waals surface area contributed by atoms with Crippen molar-refractivity contribution in [2.24, 2.45) is 0 Å². The van der Waals surface area contributed by atoms with Gasteiger partial charge >= 0.3 is 0 Å². The molecule has 0 amide bonds. The van der Waals surface area contributed by atoms with E-state index in [0.717, 1.165) is 48.2 Å². The van der Waals surface area contributed by atoms with Crippen LogP contribution in [0.2, 0.25) is 0 Å². The number of nitrogens with zero attached hydrogens (tertiary/aromatic N) is 6. The minimum absolute atomic E-state index is 0.740. The number of hydrogen-bond donors (Lipinski definition) is 0. The van der Waals surface area contributed by atoms with Gasteiger partial charge < -0.3 is 9.47 Å². The zero-order valence-corrected chi connectivity index (χ0v) is 15.3. The molecule has 0 N–H and O–H groups in total. The highest BCUT2D eigenvalue weighted by Crippen LogP contribution is 2.40. The van der Waals surface area contributed by atoms with Gasteiger partial charge in [-0.15, -0.1) is 21.5 Å². The van der Waals surface area contributed by atoms with Gasteiger partial charge in [0.1, 0.15) is 22.8 Å². The summed E-state index contributed by atoms with van der Waals surface area (Å²) in [4.78, 5) is 14.0. The zero-order chi connectivity index (χ0) is 16.8. The summed E-state index contributed by atoms with van der Waals surface area (Å²) in [6, 6.07) is 0. The fraction of sp³-hybridized carbons (Fsp3) is 0.556. The number of fused-ring (bicyclic) bond motifs is 4. The van der Waals surface area contributed by atoms with Gasteiger partial charge in [0.25, 0.3) is 0 Å². The molecule has 0 unspecified atom stereocenters. The maximum Gasteiger partial charge on any atom is 0.152 e. The lowest BCUT2D eigenvalue weighted by Gasteiger charge is -2.19. The molecule has 3 aromatic heterocycles. The van der Waals surface area contributed by atoms with E-state index < -0.39 is 0 Å². The Morgan fingerprint density at radius 2 is 2.04 bits per heavy atom. The zero-order valence-electron chi connectivity index (χ0n) is 14.5. The van der Waals surface area contributed by atoms with Crippen LogP contribution < -0.4 is 4.90 Å². The Morgan fingerprint density at radius 3 is 3.00 bits per heavy atom. The van der Waals surface area contributed by atoms with Gasteiger partial charge in [-0.05, 0) is 37.7 Å². The third-order valence-corrected chi connectivity index (χ3v) is 6.61. The summed E-state index contributed by atoms with van der Waals surface area (Å²) in [5.41, 5.74) is 1.47. The Labute approximate surface area is 150 Å². The first-order valence-corrected chi connectivity index (χ1v) is 10.0. The lowest BCUT2D eigenvalue weighted by Crippen LogP contribution is -2.21. The van der Waals surface area contributed by atoms with E-state index in [9.17, 15) is 0 Å². The van der Waals surface area contributed by atoms with Crippen LogP contribution in [0.15, 0.2) is 6.33 Å². The van der Waals surface area contributed by atoms with E-state index in [0.29, 0.717) is 0 Å². The maximum atomic E-state index is 4.63. The van der Waals surface area contributed by atoms with Gasteiger partial charge in [0, 0.05) is 24.9 Å². The molecule has 25 heavy (non-hydrogen) atoms. The molecule has 0 spiro atoms. The van der Waals surface area contributed by atoms with Gasteiger partial charge in [-0.1, -0.05) is 6.42 Å². The Kier molecular flexibility index (Phi) is 3.69. The van der Waals surface area contributed by atoms with Gasteiger partial charge in [-0.3, -0.25) is 0 Å². The normalized spacial score (nSPS) is 16.7. The Hall–Kier alpha value is -2.02. The number of thiophene rings is 1. The fourth-order valence-electron chi connectivity index (χ4n) is 4.15. The molecule has 2 aliphatic rings. The van der Waals surface area contributed by atoms with Crippen LogP contribution in [0.25, 0.3) is 10.2 Å². The number of hydrogen-bond acceptors (Lipinski definition) is 6. The molecule has 0 saturated heterocycles. The smallest absolute Gasteiger partial charge is 0.152 e. The largest absolute Gasteiger partial charge is 0.351 e. The summed E-state index contributed by atoms with van der Waals surface area (Å²) in [7, 11) is 2.11. The Bertz CT molecular complexity index is 927. The monoisotopic (exact) mass is 354 g/mol. The predicted octanol–water partition coefficient (Wildman–Crippen LogP) is 3.13. The summed E-state index contributed by atoms with van der Waals surface area (Å²) in [6.45, 7) is 1.78. The van der Waals surface area contributed by atoms with E-state index in [4.69, 9.17) is 0 Å². The molecule has 1 aliphatic heterocycles. The van der Waals surface area contributed by atoms with Gasteiger partial charge in [0.15, 0.2) is 5.82 Å². The molecule has 1 aliphatic carbocycles. The summed E-state index contributed by atoms with van der Waals surface area (Å²) in [6.07, 6.45) is 10.1. The van der Waals surface area contributed by atoms with E-state index in [1.54, 1.807) is 6.33 Å². The average molecular weight is 354 g/mol. The van der Waals surface area contributed by atoms with E-state index in [1.807, 2.05) is 11.3 Å². The molecular weight excluding hydrogens is 332 g/mol. The van der Waals surface area contributed by atoms with Crippen molar-refractivity contribution in [2.45, 2.75) is 58.0 Å². The van der Waals surface area contributed by atoms with Gasteiger partial charge in [-0.2, -0.15) is 0 Å². The summed E-state index contributed by atoms with van der Waals surface area (Å²) in [5.74, 6) is 3.23. The highest BCUT2D eigenvalue weighted by molar-refractivity contribution is 7.19. The molecule has 0 aromatic carbocycles. The Balaban J connectivity index is 1.50. The predicted molar refractivity (Wildman–Crippen MR) is 99.1 cm³/mol. The summed E-state index contributed by atoms with van der Waals surface area (Å²) < 4.78 is 2.32. The van der Waals surface area contributed by atoms with Crippen LogP contribution in [0.4, 0.5) is 5.82 Å². The van der Waals surface area contributed by atoms with Crippen molar-refractivity contribution >= 4 is 27.4 Å². The first-order valence-electron chi connectivity index (χ1n) is 9.18. The third-order valence-electron chi connectivity index (χ3n) is 5.41. The van der Waals surface area contributed by atoms with Crippen LogP contribution in [0.3, 0.4) is 0 Å². The second-order valence-electron chi connectivity index (χ2n) is 7.09. The minimum Gasteiger partial charge on any atom is -0.351 e. The Morgan fingerprint density at radius 1 is 1.08 bits per heavy atom. The average Bonchev–Trinajstić information content (AvgIpc) is 3.25. The van der Waals surface area contributed by atoms with Gasteiger partial charge in [0.05, 0.1) is 11.9 Å². The quantitative estimate of drug-likeness (QED) is 0.723. The molecule has 5 rings (SSSR count). The van der Waals surface area contributed by atoms with Crippen LogP contribution in [0.1, 0.15) is 47.8 Å². The standard InChI is InChI=1S/C18H22N6S/c1-23(10-15-22-21-14-8-3-2-4-9-24(14)15)17-16-12-6-5-7-13(12)25-18(16)20-11-19-17/h11H,2-10H2,1H3. The van der Waals surface area contributed by atoms with E-state index in [2.05, 4.69) is 36.7 Å². The minimum atomic E-state index is 0.740. The number of aromatic nitrogens is 5. The third kappa shape index (κ3) is 2.52. The maximum absolute atomic E-state index is 4.63. The van der Waals surface area contributed by atoms with Gasteiger partial charge in [0.2, 0.25) is 0 Å². The van der Waals surface area contributed by atoms with Crippen LogP contribution in [0, 0.1) is 0 Å². The van der Waals surface area contributed by atoms with Crippen molar-refractivity contribution in [1.29, 1.82) is 0 Å². The van der Waals surface area contributed by atoms with Crippen LogP contribution >= 0.6 is 11.3 Å². The number of rotatable bonds is 3. The van der Waals surface area contributed by atoms with Gasteiger partial charge in [-0.25, -0.2) is 9.97 Å². The van der Waals surface area contributed by atoms with Crippen molar-refractivity contribution < 1.29 is 0 Å². The van der Waals surface area contributed by atoms with Crippen LogP contribution in [0.5, 0.6) is 0 Å². The highest BCUT2D eigenvalue weighted by Gasteiger charge is 2.23. The molecule has 3 aromatic rings. The van der Waals surface area contributed by atoms with Crippen molar-refractivity contribution in [3.05, 3.63) is 28.4 Å². The second-order valence-corrected chi connectivity index (χ2v) is 8.17. The summed E-state index contributed by atoms with van der Waals surface area (Å²) >= 11 is 1.84. The SMILES string of the molecule is CN(Cc1nnc2n1CCCCC2)c1ncnc2sc3c(c12)CCC3. The highest BCUT2D eigenvalue weighted by atomic mass is 32.1. The molecule has 0 bridgehead atoms. The van der Waals surface area contributed by atoms with Crippen molar-refractivity contribution in [2.75, 3.05) is 11.9 Å². The first-order chi connectivity index (χ1) is 12.3. The number of aryl methyl sites for hydroxylation is 3.